The Kier molecular flexibility index (Phi) is 5.33. The summed E-state index contributed by atoms with van der Waals surface area (Å²) in [6, 6.07) is 10.4. The quantitative estimate of drug-likeness (QED) is 0.613. The van der Waals surface area contributed by atoms with E-state index in [1.165, 1.54) is 6.92 Å². The van der Waals surface area contributed by atoms with Crippen LogP contribution in [0.5, 0.6) is 0 Å². The number of imidazole rings is 1. The summed E-state index contributed by atoms with van der Waals surface area (Å²) in [5.41, 5.74) is 3.32. The maximum Gasteiger partial charge on any atom is 0.325 e. The van der Waals surface area contributed by atoms with Crippen molar-refractivity contribution in [3.63, 3.8) is 0 Å². The van der Waals surface area contributed by atoms with Gasteiger partial charge in [0.05, 0.1) is 5.56 Å². The molecule has 0 bridgehead atoms. The Balaban J connectivity index is 2.19. The molecule has 29 heavy (non-hydrogen) atoms. The average Bonchev–Trinajstić information content (AvgIpc) is 2.98. The minimum Gasteiger partial charge on any atom is -0.480 e. The molecule has 3 aromatic rings. The smallest absolute Gasteiger partial charge is 0.325 e. The normalized spacial score (nSPS) is 12.6. The number of aryl methyl sites for hydroxylation is 1. The van der Waals surface area contributed by atoms with E-state index in [4.69, 9.17) is 10.1 Å². The number of nitrogens with one attached hydrogen (secondary N) is 2. The predicted octanol–water partition coefficient (Wildman–Crippen LogP) is 3.72. The Labute approximate surface area is 169 Å². The van der Waals surface area contributed by atoms with Crippen molar-refractivity contribution in [2.45, 2.75) is 46.2 Å². The summed E-state index contributed by atoms with van der Waals surface area (Å²) in [6.07, 6.45) is 1.84. The Morgan fingerprint density at radius 2 is 1.90 bits per heavy atom. The lowest BCUT2D eigenvalue weighted by molar-refractivity contribution is -0.138. The summed E-state index contributed by atoms with van der Waals surface area (Å²) in [7, 11) is 0. The highest BCUT2D eigenvalue weighted by Gasteiger charge is 2.23. The van der Waals surface area contributed by atoms with E-state index in [0.717, 1.165) is 22.6 Å². The zero-order valence-corrected chi connectivity index (χ0v) is 17.3. The second kappa shape index (κ2) is 7.58. The first-order valence-electron chi connectivity index (χ1n) is 9.47. The van der Waals surface area contributed by atoms with E-state index >= 15 is 0 Å². The highest BCUT2D eigenvalue weighted by molar-refractivity contribution is 6.02. The van der Waals surface area contributed by atoms with Crippen LogP contribution >= 0.6 is 0 Å². The van der Waals surface area contributed by atoms with Crippen LogP contribution in [0.25, 0.3) is 16.9 Å². The van der Waals surface area contributed by atoms with E-state index in [1.807, 2.05) is 41.8 Å². The van der Waals surface area contributed by atoms with Gasteiger partial charge in [-0.15, -0.1) is 0 Å². The zero-order chi connectivity index (χ0) is 21.3. The van der Waals surface area contributed by atoms with Gasteiger partial charge in [-0.3, -0.25) is 14.0 Å². The summed E-state index contributed by atoms with van der Waals surface area (Å²) < 4.78 is 1.84. The molecule has 0 aliphatic rings. The van der Waals surface area contributed by atoms with E-state index in [-0.39, 0.29) is 5.54 Å². The number of anilines is 1. The second-order valence-corrected chi connectivity index (χ2v) is 8.20. The van der Waals surface area contributed by atoms with E-state index in [2.05, 4.69) is 31.4 Å². The molecule has 1 amide bonds. The minimum atomic E-state index is -1.09. The van der Waals surface area contributed by atoms with E-state index in [9.17, 15) is 9.59 Å². The molecular formula is C22H26N4O3. The third-order valence-electron chi connectivity index (χ3n) is 4.40. The summed E-state index contributed by atoms with van der Waals surface area (Å²) in [6.45, 7) is 9.60. The maximum atomic E-state index is 12.7. The maximum absolute atomic E-state index is 12.7. The summed E-state index contributed by atoms with van der Waals surface area (Å²) in [5, 5.41) is 15.1. The first kappa shape index (κ1) is 20.4. The van der Waals surface area contributed by atoms with Gasteiger partial charge < -0.3 is 15.7 Å². The molecule has 1 aromatic carbocycles. The number of aromatic nitrogens is 2. The van der Waals surface area contributed by atoms with Crippen LogP contribution in [0.15, 0.2) is 42.6 Å². The number of carboxylic acids is 1. The Morgan fingerprint density at radius 3 is 2.52 bits per heavy atom. The summed E-state index contributed by atoms with van der Waals surface area (Å²) in [4.78, 5) is 28.6. The predicted molar refractivity (Wildman–Crippen MR) is 113 cm³/mol. The van der Waals surface area contributed by atoms with Crippen molar-refractivity contribution in [2.75, 3.05) is 5.32 Å². The van der Waals surface area contributed by atoms with Crippen LogP contribution in [-0.4, -0.2) is 37.9 Å². The molecule has 0 spiro atoms. The first-order chi connectivity index (χ1) is 13.6. The molecule has 7 nitrogen and oxygen atoms in total. The molecule has 0 saturated carbocycles. The number of hydrogen-bond acceptors (Lipinski definition) is 4. The van der Waals surface area contributed by atoms with Crippen LogP contribution < -0.4 is 10.6 Å². The van der Waals surface area contributed by atoms with Crippen LogP contribution in [0.4, 0.5) is 5.82 Å². The lowest BCUT2D eigenvalue weighted by atomic mass is 10.1. The molecule has 0 saturated heterocycles. The van der Waals surface area contributed by atoms with Gasteiger partial charge in [-0.1, -0.05) is 23.8 Å². The van der Waals surface area contributed by atoms with Crippen LogP contribution in [0, 0.1) is 6.92 Å². The van der Waals surface area contributed by atoms with Crippen molar-refractivity contribution in [1.82, 2.24) is 14.7 Å². The fourth-order valence-corrected chi connectivity index (χ4v) is 3.05. The molecule has 2 heterocycles. The van der Waals surface area contributed by atoms with Gasteiger partial charge >= 0.3 is 5.97 Å². The van der Waals surface area contributed by atoms with E-state index < -0.39 is 17.9 Å². The fraction of sp³-hybridized carbons (Fsp3) is 0.318. The number of pyridine rings is 1. The highest BCUT2D eigenvalue weighted by Crippen LogP contribution is 2.32. The van der Waals surface area contributed by atoms with Crippen molar-refractivity contribution in [3.8, 4) is 11.3 Å². The third-order valence-corrected chi connectivity index (χ3v) is 4.40. The van der Waals surface area contributed by atoms with Crippen LogP contribution in [0.3, 0.4) is 0 Å². The number of fused-ring (bicyclic) bond motifs is 1. The minimum absolute atomic E-state index is 0.232. The molecule has 1 atom stereocenters. The summed E-state index contributed by atoms with van der Waals surface area (Å²) >= 11 is 0. The van der Waals surface area contributed by atoms with Crippen molar-refractivity contribution in [2.24, 2.45) is 0 Å². The van der Waals surface area contributed by atoms with E-state index in [0.29, 0.717) is 11.2 Å². The molecule has 0 radical (unpaired) electrons. The summed E-state index contributed by atoms with van der Waals surface area (Å²) in [5.74, 6) is -0.795. The number of rotatable bonds is 5. The number of benzene rings is 1. The standard InChI is InChI=1S/C22H26N4O3/c1-13-8-6-9-15(12-13)17-19(25-22(3,4)5)26-11-7-10-16(18(26)24-17)20(27)23-14(2)21(28)29/h6-12,14,25H,1-5H3,(H,23,27)(H,28,29). The van der Waals surface area contributed by atoms with Gasteiger partial charge in [0.15, 0.2) is 5.65 Å². The lowest BCUT2D eigenvalue weighted by Crippen LogP contribution is -2.38. The number of nitrogens with zero attached hydrogens (tertiary/aromatic N) is 2. The number of hydrogen-bond donors (Lipinski definition) is 3. The monoisotopic (exact) mass is 394 g/mol. The Bertz CT molecular complexity index is 1080. The molecule has 0 aliphatic carbocycles. The number of carboxylic acid groups (broad SMARTS) is 1. The van der Waals surface area contributed by atoms with Crippen molar-refractivity contribution in [3.05, 3.63) is 53.7 Å². The van der Waals surface area contributed by atoms with Gasteiger partial charge in [0.2, 0.25) is 0 Å². The lowest BCUT2D eigenvalue weighted by Gasteiger charge is -2.22. The van der Waals surface area contributed by atoms with Gasteiger partial charge in [0.1, 0.15) is 17.6 Å². The van der Waals surface area contributed by atoms with Gasteiger partial charge in [-0.05, 0) is 52.8 Å². The molecule has 3 rings (SSSR count). The molecular weight excluding hydrogens is 368 g/mol. The van der Waals surface area contributed by atoms with Gasteiger partial charge in [-0.2, -0.15) is 0 Å². The number of carbonyl (C=O) groups excluding carboxylic acids is 1. The second-order valence-electron chi connectivity index (χ2n) is 8.20. The van der Waals surface area contributed by atoms with Gasteiger partial charge in [0.25, 0.3) is 5.91 Å². The van der Waals surface area contributed by atoms with Gasteiger partial charge in [-0.25, -0.2) is 4.98 Å². The van der Waals surface area contributed by atoms with Crippen LogP contribution in [0.1, 0.15) is 43.6 Å². The van der Waals surface area contributed by atoms with Crippen molar-refractivity contribution < 1.29 is 14.7 Å². The highest BCUT2D eigenvalue weighted by atomic mass is 16.4. The largest absolute Gasteiger partial charge is 0.480 e. The third kappa shape index (κ3) is 4.39. The SMILES string of the molecule is Cc1cccc(-c2nc3c(C(=O)NC(C)C(=O)O)cccn3c2NC(C)(C)C)c1. The van der Waals surface area contributed by atoms with E-state index in [1.54, 1.807) is 12.1 Å². The van der Waals surface area contributed by atoms with Crippen molar-refractivity contribution >= 4 is 23.3 Å². The fourth-order valence-electron chi connectivity index (χ4n) is 3.05. The number of carbonyl (C=O) groups is 2. The molecule has 0 fully saturated rings. The van der Waals surface area contributed by atoms with Crippen molar-refractivity contribution in [1.29, 1.82) is 0 Å². The number of amides is 1. The molecule has 3 N–H and O–H groups in total. The Hall–Kier alpha value is -3.35. The average molecular weight is 394 g/mol. The molecule has 1 unspecified atom stereocenters. The zero-order valence-electron chi connectivity index (χ0n) is 17.3. The molecule has 152 valence electrons. The molecule has 2 aromatic heterocycles. The molecule has 0 aliphatic heterocycles. The topological polar surface area (TPSA) is 95.7 Å². The van der Waals surface area contributed by atoms with Crippen LogP contribution in [-0.2, 0) is 4.79 Å². The Morgan fingerprint density at radius 1 is 1.17 bits per heavy atom. The first-order valence-corrected chi connectivity index (χ1v) is 9.47. The number of aliphatic carboxylic acids is 1. The van der Waals surface area contributed by atoms with Gasteiger partial charge in [0, 0.05) is 17.3 Å². The van der Waals surface area contributed by atoms with Crippen LogP contribution in [0.2, 0.25) is 0 Å². The molecule has 7 heteroatoms.